The van der Waals surface area contributed by atoms with Crippen molar-refractivity contribution in [2.75, 3.05) is 19.6 Å². The summed E-state index contributed by atoms with van der Waals surface area (Å²) in [5.74, 6) is 0.348. The van der Waals surface area contributed by atoms with Gasteiger partial charge >= 0.3 is 0 Å². The molecule has 2 heterocycles. The van der Waals surface area contributed by atoms with Crippen molar-refractivity contribution in [3.05, 3.63) is 35.4 Å². The lowest BCUT2D eigenvalue weighted by atomic mass is 9.99. The SMILES string of the molecule is CC1CCN(Cc2ccc(CNC(=O)CCN3C(=O)CCC3=O)cc2)CC1. The molecule has 2 aliphatic heterocycles. The summed E-state index contributed by atoms with van der Waals surface area (Å²) in [5.41, 5.74) is 2.35. The molecule has 0 saturated carbocycles. The van der Waals surface area contributed by atoms with Gasteiger partial charge < -0.3 is 5.32 Å². The van der Waals surface area contributed by atoms with Gasteiger partial charge in [-0.15, -0.1) is 0 Å². The molecule has 1 aromatic carbocycles. The maximum atomic E-state index is 12.0. The molecular formula is C21H29N3O3. The number of nitrogens with one attached hydrogen (secondary N) is 1. The van der Waals surface area contributed by atoms with Crippen molar-refractivity contribution >= 4 is 17.7 Å². The number of hydrogen-bond acceptors (Lipinski definition) is 4. The Balaban J connectivity index is 1.38. The number of imide groups is 1. The first-order valence-corrected chi connectivity index (χ1v) is 9.91. The Kier molecular flexibility index (Phi) is 6.61. The fraction of sp³-hybridized carbons (Fsp3) is 0.571. The summed E-state index contributed by atoms with van der Waals surface area (Å²) in [4.78, 5) is 38.7. The maximum Gasteiger partial charge on any atom is 0.229 e. The Morgan fingerprint density at radius 3 is 2.26 bits per heavy atom. The van der Waals surface area contributed by atoms with E-state index >= 15 is 0 Å². The summed E-state index contributed by atoms with van der Waals surface area (Å²) in [7, 11) is 0. The molecule has 27 heavy (non-hydrogen) atoms. The number of carbonyl (C=O) groups excluding carboxylic acids is 3. The second-order valence-corrected chi connectivity index (χ2v) is 7.74. The molecule has 3 amide bonds. The van der Waals surface area contributed by atoms with Crippen molar-refractivity contribution in [1.29, 1.82) is 0 Å². The third kappa shape index (κ3) is 5.63. The van der Waals surface area contributed by atoms with Crippen LogP contribution in [0.5, 0.6) is 0 Å². The fourth-order valence-corrected chi connectivity index (χ4v) is 3.62. The largest absolute Gasteiger partial charge is 0.352 e. The van der Waals surface area contributed by atoms with Crippen LogP contribution < -0.4 is 5.32 Å². The summed E-state index contributed by atoms with van der Waals surface area (Å²) < 4.78 is 0. The van der Waals surface area contributed by atoms with Crippen LogP contribution in [0.1, 0.15) is 50.2 Å². The number of benzene rings is 1. The molecule has 0 aliphatic carbocycles. The van der Waals surface area contributed by atoms with Crippen LogP contribution in [0.15, 0.2) is 24.3 Å². The van der Waals surface area contributed by atoms with E-state index in [1.165, 1.54) is 36.4 Å². The highest BCUT2D eigenvalue weighted by molar-refractivity contribution is 6.02. The van der Waals surface area contributed by atoms with E-state index in [0.29, 0.717) is 6.54 Å². The average molecular weight is 371 g/mol. The summed E-state index contributed by atoms with van der Waals surface area (Å²) >= 11 is 0. The monoisotopic (exact) mass is 371 g/mol. The number of nitrogens with zero attached hydrogens (tertiary/aromatic N) is 2. The summed E-state index contributed by atoms with van der Waals surface area (Å²) in [6, 6.07) is 8.35. The summed E-state index contributed by atoms with van der Waals surface area (Å²) in [6.07, 6.45) is 3.24. The van der Waals surface area contributed by atoms with Gasteiger partial charge in [0.1, 0.15) is 0 Å². The van der Waals surface area contributed by atoms with Gasteiger partial charge in [-0.05, 0) is 43.0 Å². The van der Waals surface area contributed by atoms with Gasteiger partial charge in [0, 0.05) is 38.9 Å². The normalized spacial score (nSPS) is 18.9. The highest BCUT2D eigenvalue weighted by Gasteiger charge is 2.28. The van der Waals surface area contributed by atoms with Crippen LogP contribution in [-0.2, 0) is 27.5 Å². The summed E-state index contributed by atoms with van der Waals surface area (Å²) in [5, 5.41) is 2.86. The molecule has 6 nitrogen and oxygen atoms in total. The van der Waals surface area contributed by atoms with Crippen molar-refractivity contribution in [1.82, 2.24) is 15.1 Å². The predicted octanol–water partition coefficient (Wildman–Crippen LogP) is 2.07. The Bertz CT molecular complexity index is 662. The van der Waals surface area contributed by atoms with E-state index < -0.39 is 0 Å². The lowest BCUT2D eigenvalue weighted by molar-refractivity contribution is -0.138. The van der Waals surface area contributed by atoms with Crippen LogP contribution in [0, 0.1) is 5.92 Å². The van der Waals surface area contributed by atoms with Gasteiger partial charge in [0.05, 0.1) is 0 Å². The highest BCUT2D eigenvalue weighted by Crippen LogP contribution is 2.18. The molecule has 0 aromatic heterocycles. The lowest BCUT2D eigenvalue weighted by Crippen LogP contribution is -2.34. The first-order chi connectivity index (χ1) is 13.0. The molecule has 0 radical (unpaired) electrons. The van der Waals surface area contributed by atoms with E-state index in [-0.39, 0.29) is 43.5 Å². The van der Waals surface area contributed by atoms with Crippen molar-refractivity contribution < 1.29 is 14.4 Å². The van der Waals surface area contributed by atoms with Gasteiger partial charge in [-0.25, -0.2) is 0 Å². The second kappa shape index (κ2) is 9.13. The maximum absolute atomic E-state index is 12.0. The molecule has 1 aromatic rings. The second-order valence-electron chi connectivity index (χ2n) is 7.74. The Morgan fingerprint density at radius 1 is 1.04 bits per heavy atom. The standard InChI is InChI=1S/C21H29N3O3/c1-16-8-11-23(12-9-16)15-18-4-2-17(3-5-18)14-22-19(25)10-13-24-20(26)6-7-21(24)27/h2-5,16H,6-15H2,1H3,(H,22,25). The molecule has 0 spiro atoms. The van der Waals surface area contributed by atoms with Crippen LogP contribution in [0.3, 0.4) is 0 Å². The summed E-state index contributed by atoms with van der Waals surface area (Å²) in [6.45, 7) is 6.28. The first-order valence-electron chi connectivity index (χ1n) is 9.91. The van der Waals surface area contributed by atoms with Crippen molar-refractivity contribution in [2.24, 2.45) is 5.92 Å². The zero-order valence-corrected chi connectivity index (χ0v) is 16.1. The molecule has 6 heteroatoms. The van der Waals surface area contributed by atoms with Gasteiger partial charge in [0.15, 0.2) is 0 Å². The third-order valence-electron chi connectivity index (χ3n) is 5.51. The minimum atomic E-state index is -0.174. The average Bonchev–Trinajstić information content (AvgIpc) is 2.99. The van der Waals surface area contributed by atoms with Crippen LogP contribution in [0.4, 0.5) is 0 Å². The van der Waals surface area contributed by atoms with Crippen LogP contribution in [-0.4, -0.2) is 47.2 Å². The van der Waals surface area contributed by atoms with Crippen LogP contribution in [0.2, 0.25) is 0 Å². The number of amides is 3. The van der Waals surface area contributed by atoms with Crippen molar-refractivity contribution in [2.45, 2.75) is 52.1 Å². The van der Waals surface area contributed by atoms with Gasteiger partial charge in [0.2, 0.25) is 17.7 Å². The van der Waals surface area contributed by atoms with E-state index in [1.54, 1.807) is 0 Å². The van der Waals surface area contributed by atoms with E-state index in [0.717, 1.165) is 18.0 Å². The molecule has 0 unspecified atom stereocenters. The Hall–Kier alpha value is -2.21. The molecule has 146 valence electrons. The first kappa shape index (κ1) is 19.5. The van der Waals surface area contributed by atoms with Crippen molar-refractivity contribution in [3.8, 4) is 0 Å². The van der Waals surface area contributed by atoms with E-state index in [9.17, 15) is 14.4 Å². The number of rotatable bonds is 7. The number of hydrogen-bond donors (Lipinski definition) is 1. The number of carbonyl (C=O) groups is 3. The van der Waals surface area contributed by atoms with E-state index in [4.69, 9.17) is 0 Å². The smallest absolute Gasteiger partial charge is 0.229 e. The van der Waals surface area contributed by atoms with Crippen LogP contribution >= 0.6 is 0 Å². The molecule has 2 saturated heterocycles. The quantitative estimate of drug-likeness (QED) is 0.745. The topological polar surface area (TPSA) is 69.7 Å². The molecule has 2 aliphatic rings. The Labute approximate surface area is 160 Å². The molecule has 1 N–H and O–H groups in total. The molecule has 0 bridgehead atoms. The van der Waals surface area contributed by atoms with Gasteiger partial charge in [0.25, 0.3) is 0 Å². The van der Waals surface area contributed by atoms with Crippen molar-refractivity contribution in [3.63, 3.8) is 0 Å². The fourth-order valence-electron chi connectivity index (χ4n) is 3.62. The zero-order chi connectivity index (χ0) is 19.2. The highest BCUT2D eigenvalue weighted by atomic mass is 16.2. The molecule has 0 atom stereocenters. The van der Waals surface area contributed by atoms with Gasteiger partial charge in [-0.1, -0.05) is 31.2 Å². The lowest BCUT2D eigenvalue weighted by Gasteiger charge is -2.30. The molecule has 3 rings (SSSR count). The number of likely N-dealkylation sites (tertiary alicyclic amines) is 2. The third-order valence-corrected chi connectivity index (χ3v) is 5.51. The Morgan fingerprint density at radius 2 is 1.63 bits per heavy atom. The molecule has 2 fully saturated rings. The minimum Gasteiger partial charge on any atom is -0.352 e. The van der Waals surface area contributed by atoms with Gasteiger partial charge in [-0.3, -0.25) is 24.2 Å². The van der Waals surface area contributed by atoms with Gasteiger partial charge in [-0.2, -0.15) is 0 Å². The van der Waals surface area contributed by atoms with Crippen LogP contribution in [0.25, 0.3) is 0 Å². The zero-order valence-electron chi connectivity index (χ0n) is 16.1. The minimum absolute atomic E-state index is 0.144. The van der Waals surface area contributed by atoms with E-state index in [1.807, 2.05) is 0 Å². The predicted molar refractivity (Wildman–Crippen MR) is 103 cm³/mol. The van der Waals surface area contributed by atoms with E-state index in [2.05, 4.69) is 41.4 Å². The molecular weight excluding hydrogens is 342 g/mol. The number of piperidine rings is 1.